The summed E-state index contributed by atoms with van der Waals surface area (Å²) in [5.74, 6) is 0.147. The van der Waals surface area contributed by atoms with E-state index in [-0.39, 0.29) is 12.4 Å². The number of hydrogen-bond donors (Lipinski definition) is 1. The minimum atomic E-state index is -0.280. The smallest absolute Gasteiger partial charge is 0.123 e. The van der Waals surface area contributed by atoms with Gasteiger partial charge in [0.05, 0.1) is 6.61 Å². The monoisotopic (exact) mass is 244 g/mol. The van der Waals surface area contributed by atoms with Gasteiger partial charge in [-0.05, 0) is 40.3 Å². The molecule has 0 saturated carbocycles. The Hall–Kier alpha value is -1.67. The van der Waals surface area contributed by atoms with Crippen molar-refractivity contribution in [2.75, 3.05) is 0 Å². The van der Waals surface area contributed by atoms with Gasteiger partial charge >= 0.3 is 0 Å². The predicted molar refractivity (Wildman–Crippen MR) is 71.8 cm³/mol. The normalized spacial score (nSPS) is 10.9. The van der Waals surface area contributed by atoms with Crippen molar-refractivity contribution in [1.29, 1.82) is 0 Å². The van der Waals surface area contributed by atoms with Crippen molar-refractivity contribution in [3.8, 4) is 11.1 Å². The van der Waals surface area contributed by atoms with Gasteiger partial charge in [0.25, 0.3) is 0 Å². The Morgan fingerprint density at radius 3 is 2.56 bits per heavy atom. The third-order valence-corrected chi connectivity index (χ3v) is 3.11. The summed E-state index contributed by atoms with van der Waals surface area (Å²) in [5, 5.41) is 9.33. The summed E-state index contributed by atoms with van der Waals surface area (Å²) >= 11 is 0. The molecule has 1 nitrogen and oxygen atoms in total. The minimum absolute atomic E-state index is 0.0818. The van der Waals surface area contributed by atoms with E-state index in [1.54, 1.807) is 6.07 Å². The molecule has 0 unspecified atom stereocenters. The molecule has 2 aromatic carbocycles. The molecular weight excluding hydrogens is 227 g/mol. The molecule has 0 amide bonds. The lowest BCUT2D eigenvalue weighted by Crippen LogP contribution is -1.93. The van der Waals surface area contributed by atoms with Crippen molar-refractivity contribution >= 4 is 0 Å². The highest BCUT2D eigenvalue weighted by atomic mass is 19.1. The average molecular weight is 244 g/mol. The van der Waals surface area contributed by atoms with Gasteiger partial charge in [-0.3, -0.25) is 0 Å². The number of hydrogen-bond acceptors (Lipinski definition) is 1. The van der Waals surface area contributed by atoms with Crippen molar-refractivity contribution in [3.05, 3.63) is 59.4 Å². The van der Waals surface area contributed by atoms with E-state index in [0.717, 1.165) is 16.7 Å². The van der Waals surface area contributed by atoms with E-state index in [0.29, 0.717) is 5.92 Å². The van der Waals surface area contributed by atoms with E-state index >= 15 is 0 Å². The molecule has 18 heavy (non-hydrogen) atoms. The fraction of sp³-hybridized carbons (Fsp3) is 0.250. The molecule has 2 heteroatoms. The number of halogens is 1. The van der Waals surface area contributed by atoms with Crippen molar-refractivity contribution < 1.29 is 9.50 Å². The van der Waals surface area contributed by atoms with E-state index < -0.39 is 0 Å². The van der Waals surface area contributed by atoms with Gasteiger partial charge in [-0.2, -0.15) is 0 Å². The molecule has 0 radical (unpaired) electrons. The molecule has 0 spiro atoms. The van der Waals surface area contributed by atoms with Crippen LogP contribution < -0.4 is 0 Å². The van der Waals surface area contributed by atoms with Crippen LogP contribution in [-0.4, -0.2) is 5.11 Å². The van der Waals surface area contributed by atoms with Crippen LogP contribution in [0.1, 0.15) is 30.9 Å². The molecule has 0 aromatic heterocycles. The lowest BCUT2D eigenvalue weighted by molar-refractivity contribution is 0.282. The highest BCUT2D eigenvalue weighted by molar-refractivity contribution is 5.68. The van der Waals surface area contributed by atoms with Crippen LogP contribution in [0.3, 0.4) is 0 Å². The molecule has 2 rings (SSSR count). The molecular formula is C16H17FO. The van der Waals surface area contributed by atoms with Gasteiger partial charge in [-0.1, -0.05) is 44.2 Å². The van der Waals surface area contributed by atoms with E-state index in [9.17, 15) is 9.50 Å². The Labute approximate surface area is 107 Å². The lowest BCUT2D eigenvalue weighted by Gasteiger charge is -2.11. The van der Waals surface area contributed by atoms with E-state index in [2.05, 4.69) is 26.0 Å². The van der Waals surface area contributed by atoms with Crippen LogP contribution >= 0.6 is 0 Å². The van der Waals surface area contributed by atoms with Crippen molar-refractivity contribution in [3.63, 3.8) is 0 Å². The Morgan fingerprint density at radius 1 is 1.11 bits per heavy atom. The van der Waals surface area contributed by atoms with Gasteiger partial charge in [0.15, 0.2) is 0 Å². The first-order valence-electron chi connectivity index (χ1n) is 6.11. The number of aliphatic hydroxyl groups excluding tert-OH is 1. The van der Waals surface area contributed by atoms with Crippen LogP contribution in [0.15, 0.2) is 42.5 Å². The Morgan fingerprint density at radius 2 is 1.89 bits per heavy atom. The Kier molecular flexibility index (Phi) is 3.78. The van der Waals surface area contributed by atoms with Gasteiger partial charge in [0.1, 0.15) is 5.82 Å². The second kappa shape index (κ2) is 5.32. The van der Waals surface area contributed by atoms with Crippen LogP contribution in [0.5, 0.6) is 0 Å². The summed E-state index contributed by atoms with van der Waals surface area (Å²) in [6.45, 7) is 4.16. The second-order valence-electron chi connectivity index (χ2n) is 4.74. The van der Waals surface area contributed by atoms with Crippen LogP contribution in [0.25, 0.3) is 11.1 Å². The number of benzene rings is 2. The molecule has 0 bridgehead atoms. The van der Waals surface area contributed by atoms with Gasteiger partial charge in [-0.25, -0.2) is 4.39 Å². The van der Waals surface area contributed by atoms with Crippen LogP contribution in [0, 0.1) is 5.82 Å². The number of rotatable bonds is 3. The SMILES string of the molecule is CC(C)c1cccc(-c2cc(F)ccc2CO)c1. The summed E-state index contributed by atoms with van der Waals surface area (Å²) in [7, 11) is 0. The van der Waals surface area contributed by atoms with Crippen LogP contribution in [-0.2, 0) is 6.61 Å². The third-order valence-electron chi connectivity index (χ3n) is 3.11. The first-order chi connectivity index (χ1) is 8.61. The summed E-state index contributed by atoms with van der Waals surface area (Å²) < 4.78 is 13.3. The van der Waals surface area contributed by atoms with E-state index in [4.69, 9.17) is 0 Å². The maximum Gasteiger partial charge on any atom is 0.123 e. The molecule has 0 atom stereocenters. The third kappa shape index (κ3) is 2.59. The molecule has 94 valence electrons. The first-order valence-corrected chi connectivity index (χ1v) is 6.11. The van der Waals surface area contributed by atoms with Crippen LogP contribution in [0.4, 0.5) is 4.39 Å². The van der Waals surface area contributed by atoms with Crippen LogP contribution in [0.2, 0.25) is 0 Å². The standard InChI is InChI=1S/C16H17FO/c1-11(2)12-4-3-5-13(8-12)16-9-15(17)7-6-14(16)10-18/h3-9,11,18H,10H2,1-2H3. The van der Waals surface area contributed by atoms with Crippen molar-refractivity contribution in [1.82, 2.24) is 0 Å². The van der Waals surface area contributed by atoms with Gasteiger partial charge in [0, 0.05) is 0 Å². The maximum atomic E-state index is 13.3. The fourth-order valence-corrected chi connectivity index (χ4v) is 2.02. The summed E-state index contributed by atoms with van der Waals surface area (Å²) in [6, 6.07) is 12.5. The average Bonchev–Trinajstić information content (AvgIpc) is 2.39. The van der Waals surface area contributed by atoms with Crippen molar-refractivity contribution in [2.45, 2.75) is 26.4 Å². The van der Waals surface area contributed by atoms with Crippen molar-refractivity contribution in [2.24, 2.45) is 0 Å². The molecule has 0 heterocycles. The molecule has 1 N–H and O–H groups in total. The summed E-state index contributed by atoms with van der Waals surface area (Å²) in [6.07, 6.45) is 0. The largest absolute Gasteiger partial charge is 0.392 e. The summed E-state index contributed by atoms with van der Waals surface area (Å²) in [4.78, 5) is 0. The van der Waals surface area contributed by atoms with Gasteiger partial charge < -0.3 is 5.11 Å². The quantitative estimate of drug-likeness (QED) is 0.861. The highest BCUT2D eigenvalue weighted by Gasteiger charge is 2.08. The fourth-order valence-electron chi connectivity index (χ4n) is 2.02. The summed E-state index contributed by atoms with van der Waals surface area (Å²) in [5.41, 5.74) is 3.67. The Bertz CT molecular complexity index is 547. The maximum absolute atomic E-state index is 13.3. The van der Waals surface area contributed by atoms with E-state index in [1.165, 1.54) is 17.7 Å². The first kappa shape index (κ1) is 12.8. The molecule has 0 aliphatic carbocycles. The molecule has 0 aliphatic heterocycles. The minimum Gasteiger partial charge on any atom is -0.392 e. The molecule has 0 aliphatic rings. The molecule has 2 aromatic rings. The number of aliphatic hydroxyl groups is 1. The van der Waals surface area contributed by atoms with Gasteiger partial charge in [0.2, 0.25) is 0 Å². The topological polar surface area (TPSA) is 20.2 Å². The lowest BCUT2D eigenvalue weighted by atomic mass is 9.95. The van der Waals surface area contributed by atoms with Gasteiger partial charge in [-0.15, -0.1) is 0 Å². The second-order valence-corrected chi connectivity index (χ2v) is 4.74. The zero-order valence-corrected chi connectivity index (χ0v) is 10.7. The van der Waals surface area contributed by atoms with E-state index in [1.807, 2.05) is 12.1 Å². The zero-order valence-electron chi connectivity index (χ0n) is 10.7. The predicted octanol–water partition coefficient (Wildman–Crippen LogP) is 4.11. The molecule has 0 saturated heterocycles. The highest BCUT2D eigenvalue weighted by Crippen LogP contribution is 2.27. The Balaban J connectivity index is 2.54. The molecule has 0 fully saturated rings. The zero-order chi connectivity index (χ0) is 13.1.